The largest absolute Gasteiger partial charge is 0.350 e. The molecule has 3 aromatic carbocycles. The van der Waals surface area contributed by atoms with Gasteiger partial charge in [0.2, 0.25) is 5.91 Å². The van der Waals surface area contributed by atoms with Gasteiger partial charge in [-0.25, -0.2) is 4.79 Å². The Morgan fingerprint density at radius 2 is 1.76 bits per heavy atom. The highest BCUT2D eigenvalue weighted by molar-refractivity contribution is 6.30. The number of nitrogens with one attached hydrogen (secondary N) is 2. The van der Waals surface area contributed by atoms with E-state index in [1.54, 1.807) is 24.3 Å². The molecule has 0 saturated carbocycles. The van der Waals surface area contributed by atoms with Crippen LogP contribution in [0.15, 0.2) is 103 Å². The number of urea groups is 1. The minimum Gasteiger partial charge on any atom is -0.350 e. The number of benzene rings is 3. The summed E-state index contributed by atoms with van der Waals surface area (Å²) >= 11 is 6.18. The summed E-state index contributed by atoms with van der Waals surface area (Å²) in [6.45, 7) is 4.36. The fraction of sp³-hybridized carbons (Fsp3) is 0.167. The van der Waals surface area contributed by atoms with Gasteiger partial charge in [0.15, 0.2) is 0 Å². The summed E-state index contributed by atoms with van der Waals surface area (Å²) in [4.78, 5) is 42.2. The maximum atomic E-state index is 13.5. The first-order valence-corrected chi connectivity index (χ1v) is 12.7. The molecule has 1 atom stereocenters. The van der Waals surface area contributed by atoms with Crippen molar-refractivity contribution in [3.8, 4) is 11.1 Å². The summed E-state index contributed by atoms with van der Waals surface area (Å²) in [5, 5.41) is 6.31. The van der Waals surface area contributed by atoms with Gasteiger partial charge in [0.25, 0.3) is 5.91 Å². The van der Waals surface area contributed by atoms with Gasteiger partial charge in [-0.1, -0.05) is 84.4 Å². The second kappa shape index (κ2) is 10.9. The second-order valence-electron chi connectivity index (χ2n) is 9.20. The maximum Gasteiger partial charge on any atom is 0.322 e. The number of hydrogen-bond acceptors (Lipinski definition) is 3. The average Bonchev–Trinajstić information content (AvgIpc) is 3.25. The number of halogens is 1. The standard InChI is InChI=1S/C30H27ClN4O3/c1-2-15-35-25-18-34(29(37)27(25)28(33-30(35)38)23-9-6-10-24(31)16-23)19-26(36)32-17-20-11-13-22(14-12-20)21-7-4-3-5-8-21/h2-14,16,28H,1,15,17-19H2,(H,32,36)(H,33,38)/t28-/m1/s1. The molecule has 38 heavy (non-hydrogen) atoms. The third kappa shape index (κ3) is 5.19. The molecule has 0 radical (unpaired) electrons. The number of carbonyl (C=O) groups excluding carboxylic acids is 3. The summed E-state index contributed by atoms with van der Waals surface area (Å²) in [6, 6.07) is 24.1. The van der Waals surface area contributed by atoms with Crippen molar-refractivity contribution in [2.75, 3.05) is 19.6 Å². The van der Waals surface area contributed by atoms with Crippen molar-refractivity contribution >= 4 is 29.4 Å². The fourth-order valence-corrected chi connectivity index (χ4v) is 5.01. The van der Waals surface area contributed by atoms with Crippen LogP contribution in [0.3, 0.4) is 0 Å². The lowest BCUT2D eigenvalue weighted by Gasteiger charge is -2.33. The molecule has 0 fully saturated rings. The molecule has 4 amide bonds. The molecule has 0 unspecified atom stereocenters. The summed E-state index contributed by atoms with van der Waals surface area (Å²) < 4.78 is 0. The third-order valence-electron chi connectivity index (χ3n) is 6.68. The van der Waals surface area contributed by atoms with E-state index in [1.807, 2.05) is 60.7 Å². The number of nitrogens with zero attached hydrogens (tertiary/aromatic N) is 2. The average molecular weight is 527 g/mol. The van der Waals surface area contributed by atoms with Gasteiger partial charge < -0.3 is 15.5 Å². The zero-order valence-corrected chi connectivity index (χ0v) is 21.4. The highest BCUT2D eigenvalue weighted by atomic mass is 35.5. The van der Waals surface area contributed by atoms with Crippen LogP contribution < -0.4 is 10.6 Å². The van der Waals surface area contributed by atoms with E-state index in [0.717, 1.165) is 16.7 Å². The zero-order chi connectivity index (χ0) is 26.6. The quantitative estimate of drug-likeness (QED) is 0.418. The number of rotatable bonds is 8. The van der Waals surface area contributed by atoms with E-state index in [2.05, 4.69) is 17.2 Å². The van der Waals surface area contributed by atoms with E-state index in [9.17, 15) is 14.4 Å². The van der Waals surface area contributed by atoms with Gasteiger partial charge in [0.1, 0.15) is 6.54 Å². The maximum absolute atomic E-state index is 13.5. The topological polar surface area (TPSA) is 81.8 Å². The van der Waals surface area contributed by atoms with Gasteiger partial charge in [-0.05, 0) is 34.4 Å². The predicted octanol–water partition coefficient (Wildman–Crippen LogP) is 4.67. The van der Waals surface area contributed by atoms with E-state index in [0.29, 0.717) is 28.4 Å². The number of hydrogen-bond donors (Lipinski definition) is 2. The molecule has 0 aliphatic carbocycles. The van der Waals surface area contributed by atoms with E-state index in [1.165, 1.54) is 9.80 Å². The Labute approximate surface area is 226 Å². The summed E-state index contributed by atoms with van der Waals surface area (Å²) in [6.07, 6.45) is 1.60. The van der Waals surface area contributed by atoms with Gasteiger partial charge in [0.05, 0.1) is 23.9 Å². The lowest BCUT2D eigenvalue weighted by atomic mass is 9.95. The van der Waals surface area contributed by atoms with Crippen LogP contribution in [0.2, 0.25) is 5.02 Å². The third-order valence-corrected chi connectivity index (χ3v) is 6.91. The van der Waals surface area contributed by atoms with E-state index >= 15 is 0 Å². The molecule has 7 nitrogen and oxygen atoms in total. The van der Waals surface area contributed by atoms with E-state index < -0.39 is 6.04 Å². The first-order chi connectivity index (χ1) is 18.4. The zero-order valence-electron chi connectivity index (χ0n) is 20.7. The van der Waals surface area contributed by atoms with Crippen LogP contribution in [-0.4, -0.2) is 47.3 Å². The van der Waals surface area contributed by atoms with Gasteiger partial charge in [-0.15, -0.1) is 6.58 Å². The summed E-state index contributed by atoms with van der Waals surface area (Å²) in [5.74, 6) is -0.569. The molecule has 0 spiro atoms. The molecule has 3 aromatic rings. The summed E-state index contributed by atoms with van der Waals surface area (Å²) in [7, 11) is 0. The van der Waals surface area contributed by atoms with Crippen LogP contribution in [0.5, 0.6) is 0 Å². The highest BCUT2D eigenvalue weighted by Crippen LogP contribution is 2.36. The number of carbonyl (C=O) groups is 3. The van der Waals surface area contributed by atoms with Gasteiger partial charge >= 0.3 is 6.03 Å². The van der Waals surface area contributed by atoms with Crippen molar-refractivity contribution in [3.05, 3.63) is 119 Å². The van der Waals surface area contributed by atoms with Crippen LogP contribution in [-0.2, 0) is 16.1 Å². The second-order valence-corrected chi connectivity index (χ2v) is 9.63. The number of amides is 4. The molecular weight excluding hydrogens is 500 g/mol. The van der Waals surface area contributed by atoms with Crippen LogP contribution in [0.25, 0.3) is 11.1 Å². The molecule has 0 bridgehead atoms. The predicted molar refractivity (Wildman–Crippen MR) is 147 cm³/mol. The molecule has 2 aliphatic heterocycles. The monoisotopic (exact) mass is 526 g/mol. The Bertz CT molecular complexity index is 1420. The molecule has 5 rings (SSSR count). The minimum absolute atomic E-state index is 0.119. The molecule has 2 aliphatic rings. The van der Waals surface area contributed by atoms with Gasteiger partial charge in [-0.2, -0.15) is 0 Å². The van der Waals surface area contributed by atoms with E-state index in [-0.39, 0.29) is 37.5 Å². The Balaban J connectivity index is 1.27. The van der Waals surface area contributed by atoms with Crippen molar-refractivity contribution in [3.63, 3.8) is 0 Å². The van der Waals surface area contributed by atoms with Crippen molar-refractivity contribution in [1.29, 1.82) is 0 Å². The Kier molecular flexibility index (Phi) is 7.29. The highest BCUT2D eigenvalue weighted by Gasteiger charge is 2.44. The molecule has 0 saturated heterocycles. The fourth-order valence-electron chi connectivity index (χ4n) is 4.81. The van der Waals surface area contributed by atoms with Gasteiger partial charge in [-0.3, -0.25) is 14.5 Å². The van der Waals surface area contributed by atoms with Crippen LogP contribution in [0.4, 0.5) is 4.79 Å². The molecule has 2 heterocycles. The Morgan fingerprint density at radius 1 is 1.03 bits per heavy atom. The lowest BCUT2D eigenvalue weighted by Crippen LogP contribution is -2.47. The van der Waals surface area contributed by atoms with Gasteiger partial charge in [0, 0.05) is 18.1 Å². The van der Waals surface area contributed by atoms with Crippen LogP contribution >= 0.6 is 11.6 Å². The molecular formula is C30H27ClN4O3. The molecule has 8 heteroatoms. The Morgan fingerprint density at radius 3 is 2.47 bits per heavy atom. The normalized spacial score (nSPS) is 16.8. The SMILES string of the molecule is C=CCN1C(=O)N[C@H](c2cccc(Cl)c2)C2=C1CN(CC(=O)NCc1ccc(-c3ccccc3)cc1)C2=O. The van der Waals surface area contributed by atoms with Crippen LogP contribution in [0, 0.1) is 0 Å². The molecule has 192 valence electrons. The van der Waals surface area contributed by atoms with Crippen molar-refractivity contribution in [2.24, 2.45) is 0 Å². The summed E-state index contributed by atoms with van der Waals surface area (Å²) in [5.41, 5.74) is 4.90. The van der Waals surface area contributed by atoms with Crippen LogP contribution in [0.1, 0.15) is 17.2 Å². The van der Waals surface area contributed by atoms with Crippen molar-refractivity contribution in [2.45, 2.75) is 12.6 Å². The minimum atomic E-state index is -0.652. The smallest absolute Gasteiger partial charge is 0.322 e. The molecule has 0 aromatic heterocycles. The van der Waals surface area contributed by atoms with E-state index in [4.69, 9.17) is 11.6 Å². The molecule has 2 N–H and O–H groups in total. The first kappa shape index (κ1) is 25.3. The lowest BCUT2D eigenvalue weighted by molar-refractivity contribution is -0.132. The van der Waals surface area contributed by atoms with Crippen molar-refractivity contribution < 1.29 is 14.4 Å². The Hall–Kier alpha value is -4.36. The first-order valence-electron chi connectivity index (χ1n) is 12.3. The van der Waals surface area contributed by atoms with Crippen molar-refractivity contribution in [1.82, 2.24) is 20.4 Å².